The Morgan fingerprint density at radius 1 is 1.28 bits per heavy atom. The van der Waals surface area contributed by atoms with Gasteiger partial charge in [0.2, 0.25) is 0 Å². The van der Waals surface area contributed by atoms with Gasteiger partial charge in [-0.2, -0.15) is 0 Å². The molecule has 1 aromatic heterocycles. The second-order valence-corrected chi connectivity index (χ2v) is 4.13. The van der Waals surface area contributed by atoms with Gasteiger partial charge in [0.15, 0.2) is 0 Å². The molecular formula is C14H13NO3. The van der Waals surface area contributed by atoms with Gasteiger partial charge in [-0.3, -0.25) is 9.78 Å². The minimum atomic E-state index is -0.867. The fourth-order valence-electron chi connectivity index (χ4n) is 1.83. The van der Waals surface area contributed by atoms with Crippen molar-refractivity contribution in [2.75, 3.05) is 0 Å². The van der Waals surface area contributed by atoms with Crippen LogP contribution in [0.15, 0.2) is 36.5 Å². The number of aryl methyl sites for hydroxylation is 1. The highest BCUT2D eigenvalue weighted by Crippen LogP contribution is 2.23. The van der Waals surface area contributed by atoms with Gasteiger partial charge in [0, 0.05) is 11.8 Å². The number of aromatic hydroxyl groups is 1. The van der Waals surface area contributed by atoms with Crippen LogP contribution in [-0.2, 0) is 11.2 Å². The van der Waals surface area contributed by atoms with Gasteiger partial charge >= 0.3 is 5.97 Å². The quantitative estimate of drug-likeness (QED) is 0.868. The Bertz CT molecular complexity index is 576. The maximum absolute atomic E-state index is 10.6. The molecular weight excluding hydrogens is 230 g/mol. The summed E-state index contributed by atoms with van der Waals surface area (Å²) in [5, 5.41) is 17.9. The summed E-state index contributed by atoms with van der Waals surface area (Å²) in [6.45, 7) is 1.89. The molecule has 0 bridgehead atoms. The molecule has 0 aliphatic carbocycles. The molecule has 4 nitrogen and oxygen atoms in total. The summed E-state index contributed by atoms with van der Waals surface area (Å²) in [7, 11) is 0. The van der Waals surface area contributed by atoms with Crippen molar-refractivity contribution in [2.24, 2.45) is 0 Å². The first-order chi connectivity index (χ1) is 8.56. The number of hydrogen-bond donors (Lipinski definition) is 2. The van der Waals surface area contributed by atoms with Crippen molar-refractivity contribution in [3.63, 3.8) is 0 Å². The summed E-state index contributed by atoms with van der Waals surface area (Å²) < 4.78 is 0. The number of carboxylic acid groups (broad SMARTS) is 1. The standard InChI is InChI=1S/C14H13NO3/c1-9-6-10(7-13(17)18)8-15-14(9)11-2-4-12(16)5-3-11/h2-6,8,16H,7H2,1H3,(H,17,18). The molecule has 0 aliphatic rings. The number of hydrogen-bond acceptors (Lipinski definition) is 3. The maximum atomic E-state index is 10.6. The van der Waals surface area contributed by atoms with Crippen molar-refractivity contribution in [1.29, 1.82) is 0 Å². The maximum Gasteiger partial charge on any atom is 0.307 e. The van der Waals surface area contributed by atoms with Gasteiger partial charge in [0.1, 0.15) is 5.75 Å². The van der Waals surface area contributed by atoms with Crippen LogP contribution in [0.1, 0.15) is 11.1 Å². The van der Waals surface area contributed by atoms with Crippen molar-refractivity contribution < 1.29 is 15.0 Å². The molecule has 92 valence electrons. The number of phenols is 1. The van der Waals surface area contributed by atoms with E-state index in [1.807, 2.05) is 13.0 Å². The first-order valence-electron chi connectivity index (χ1n) is 5.53. The van der Waals surface area contributed by atoms with E-state index in [0.29, 0.717) is 5.56 Å². The highest BCUT2D eigenvalue weighted by molar-refractivity contribution is 5.71. The summed E-state index contributed by atoms with van der Waals surface area (Å²) >= 11 is 0. The largest absolute Gasteiger partial charge is 0.508 e. The molecule has 18 heavy (non-hydrogen) atoms. The van der Waals surface area contributed by atoms with E-state index in [9.17, 15) is 9.90 Å². The Kier molecular flexibility index (Phi) is 3.28. The summed E-state index contributed by atoms with van der Waals surface area (Å²) in [6, 6.07) is 8.58. The van der Waals surface area contributed by atoms with E-state index >= 15 is 0 Å². The second kappa shape index (κ2) is 4.87. The fourth-order valence-corrected chi connectivity index (χ4v) is 1.83. The third-order valence-corrected chi connectivity index (χ3v) is 2.63. The smallest absolute Gasteiger partial charge is 0.307 e. The molecule has 0 radical (unpaired) electrons. The van der Waals surface area contributed by atoms with Crippen LogP contribution in [-0.4, -0.2) is 21.2 Å². The van der Waals surface area contributed by atoms with Crippen LogP contribution in [0.25, 0.3) is 11.3 Å². The third kappa shape index (κ3) is 2.66. The van der Waals surface area contributed by atoms with Crippen molar-refractivity contribution in [3.8, 4) is 17.0 Å². The number of aliphatic carboxylic acids is 1. The van der Waals surface area contributed by atoms with Crippen LogP contribution < -0.4 is 0 Å². The third-order valence-electron chi connectivity index (χ3n) is 2.63. The van der Waals surface area contributed by atoms with Crippen molar-refractivity contribution in [2.45, 2.75) is 13.3 Å². The Morgan fingerprint density at radius 2 is 1.94 bits per heavy atom. The number of phenolic OH excluding ortho intramolecular Hbond substituents is 1. The molecule has 4 heteroatoms. The average molecular weight is 243 g/mol. The fraction of sp³-hybridized carbons (Fsp3) is 0.143. The Balaban J connectivity index is 2.35. The molecule has 1 heterocycles. The van der Waals surface area contributed by atoms with Gasteiger partial charge in [0.05, 0.1) is 12.1 Å². The van der Waals surface area contributed by atoms with Crippen LogP contribution >= 0.6 is 0 Å². The number of aromatic nitrogens is 1. The zero-order valence-corrected chi connectivity index (χ0v) is 9.92. The number of pyridine rings is 1. The molecule has 0 saturated heterocycles. The molecule has 0 saturated carbocycles. The number of carboxylic acids is 1. The molecule has 2 N–H and O–H groups in total. The lowest BCUT2D eigenvalue weighted by atomic mass is 10.0. The van der Waals surface area contributed by atoms with Gasteiger partial charge in [-0.05, 0) is 42.3 Å². The predicted octanol–water partition coefficient (Wildman–Crippen LogP) is 2.39. The normalized spacial score (nSPS) is 10.3. The molecule has 2 aromatic rings. The molecule has 0 unspecified atom stereocenters. The molecule has 0 aliphatic heterocycles. The zero-order valence-electron chi connectivity index (χ0n) is 9.92. The number of carbonyl (C=O) groups is 1. The summed E-state index contributed by atoms with van der Waals surface area (Å²) in [4.78, 5) is 14.9. The van der Waals surface area contributed by atoms with E-state index < -0.39 is 5.97 Å². The molecule has 2 rings (SSSR count). The highest BCUT2D eigenvalue weighted by Gasteiger charge is 2.07. The van der Waals surface area contributed by atoms with Gasteiger partial charge < -0.3 is 10.2 Å². The van der Waals surface area contributed by atoms with E-state index in [1.54, 1.807) is 30.5 Å². The first kappa shape index (κ1) is 12.1. The topological polar surface area (TPSA) is 70.4 Å². The SMILES string of the molecule is Cc1cc(CC(=O)O)cnc1-c1ccc(O)cc1. The molecule has 1 aromatic carbocycles. The van der Waals surface area contributed by atoms with Gasteiger partial charge in [-0.15, -0.1) is 0 Å². The highest BCUT2D eigenvalue weighted by atomic mass is 16.4. The lowest BCUT2D eigenvalue weighted by Crippen LogP contribution is -2.01. The Hall–Kier alpha value is -2.36. The first-order valence-corrected chi connectivity index (χ1v) is 5.53. The van der Waals surface area contributed by atoms with Crippen molar-refractivity contribution in [3.05, 3.63) is 47.7 Å². The van der Waals surface area contributed by atoms with E-state index in [-0.39, 0.29) is 12.2 Å². The van der Waals surface area contributed by atoms with Crippen LogP contribution in [0.3, 0.4) is 0 Å². The van der Waals surface area contributed by atoms with Gasteiger partial charge in [-0.1, -0.05) is 6.07 Å². The number of benzene rings is 1. The molecule has 0 fully saturated rings. The second-order valence-electron chi connectivity index (χ2n) is 4.13. The van der Waals surface area contributed by atoms with Crippen LogP contribution in [0.2, 0.25) is 0 Å². The van der Waals surface area contributed by atoms with Gasteiger partial charge in [0.25, 0.3) is 0 Å². The lowest BCUT2D eigenvalue weighted by molar-refractivity contribution is -0.136. The Labute approximate surface area is 105 Å². The minimum Gasteiger partial charge on any atom is -0.508 e. The van der Waals surface area contributed by atoms with E-state index in [4.69, 9.17) is 5.11 Å². The van der Waals surface area contributed by atoms with Crippen molar-refractivity contribution in [1.82, 2.24) is 4.98 Å². The van der Waals surface area contributed by atoms with Gasteiger partial charge in [-0.25, -0.2) is 0 Å². The van der Waals surface area contributed by atoms with Crippen LogP contribution in [0, 0.1) is 6.92 Å². The monoisotopic (exact) mass is 243 g/mol. The van der Waals surface area contributed by atoms with Crippen molar-refractivity contribution >= 4 is 5.97 Å². The lowest BCUT2D eigenvalue weighted by Gasteiger charge is -2.07. The van der Waals surface area contributed by atoms with Crippen LogP contribution in [0.5, 0.6) is 5.75 Å². The zero-order chi connectivity index (χ0) is 13.1. The van der Waals surface area contributed by atoms with E-state index in [2.05, 4.69) is 4.98 Å². The number of rotatable bonds is 3. The summed E-state index contributed by atoms with van der Waals surface area (Å²) in [6.07, 6.45) is 1.55. The van der Waals surface area contributed by atoms with E-state index in [1.165, 1.54) is 0 Å². The molecule has 0 amide bonds. The van der Waals surface area contributed by atoms with E-state index in [0.717, 1.165) is 16.8 Å². The molecule has 0 spiro atoms. The number of nitrogens with zero attached hydrogens (tertiary/aromatic N) is 1. The predicted molar refractivity (Wildman–Crippen MR) is 67.4 cm³/mol. The molecule has 0 atom stereocenters. The Morgan fingerprint density at radius 3 is 2.50 bits per heavy atom. The summed E-state index contributed by atoms with van der Waals surface area (Å²) in [5.41, 5.74) is 3.29. The average Bonchev–Trinajstić information content (AvgIpc) is 2.30. The van der Waals surface area contributed by atoms with Crippen LogP contribution in [0.4, 0.5) is 0 Å². The summed E-state index contributed by atoms with van der Waals surface area (Å²) in [5.74, 6) is -0.660. The minimum absolute atomic E-state index is 0.0241.